The fourth-order valence-electron chi connectivity index (χ4n) is 1.47. The standard InChI is InChI=1S/C13H13N3O/c14-11-7-4-8-15-12(11)13(17)16-9-10-5-2-1-3-6-10/h1-8H,9,14H2,(H,16,17). The molecule has 4 heteroatoms. The van der Waals surface area contributed by atoms with E-state index >= 15 is 0 Å². The highest BCUT2D eigenvalue weighted by Crippen LogP contribution is 2.07. The largest absolute Gasteiger partial charge is 0.397 e. The molecule has 0 aliphatic rings. The maximum atomic E-state index is 11.8. The van der Waals surface area contributed by atoms with Crippen LogP contribution in [0.2, 0.25) is 0 Å². The lowest BCUT2D eigenvalue weighted by atomic mass is 10.2. The number of aromatic nitrogens is 1. The highest BCUT2D eigenvalue weighted by molar-refractivity contribution is 5.96. The number of benzene rings is 1. The number of anilines is 1. The van der Waals surface area contributed by atoms with Gasteiger partial charge in [0.05, 0.1) is 5.69 Å². The summed E-state index contributed by atoms with van der Waals surface area (Å²) < 4.78 is 0. The molecule has 0 unspecified atom stereocenters. The van der Waals surface area contributed by atoms with Crippen molar-refractivity contribution in [3.8, 4) is 0 Å². The van der Waals surface area contributed by atoms with Crippen LogP contribution in [0.25, 0.3) is 0 Å². The van der Waals surface area contributed by atoms with Crippen molar-refractivity contribution in [2.24, 2.45) is 0 Å². The molecule has 3 N–H and O–H groups in total. The number of nitrogens with zero attached hydrogens (tertiary/aromatic N) is 1. The van der Waals surface area contributed by atoms with Crippen molar-refractivity contribution in [2.75, 3.05) is 5.73 Å². The Kier molecular flexibility index (Phi) is 3.35. The topological polar surface area (TPSA) is 68.0 Å². The van der Waals surface area contributed by atoms with E-state index in [4.69, 9.17) is 5.73 Å². The Balaban J connectivity index is 2.01. The monoisotopic (exact) mass is 227 g/mol. The third-order valence-electron chi connectivity index (χ3n) is 2.35. The van der Waals surface area contributed by atoms with Gasteiger partial charge in [0.15, 0.2) is 5.69 Å². The zero-order valence-electron chi connectivity index (χ0n) is 9.26. The van der Waals surface area contributed by atoms with Crippen molar-refractivity contribution in [2.45, 2.75) is 6.54 Å². The molecule has 0 fully saturated rings. The molecule has 1 amide bonds. The van der Waals surface area contributed by atoms with Crippen molar-refractivity contribution in [1.29, 1.82) is 0 Å². The molecule has 0 atom stereocenters. The number of hydrogen-bond donors (Lipinski definition) is 2. The van der Waals surface area contributed by atoms with Gasteiger partial charge in [0, 0.05) is 12.7 Å². The van der Waals surface area contributed by atoms with Crippen LogP contribution in [0, 0.1) is 0 Å². The third kappa shape index (κ3) is 2.81. The first-order chi connectivity index (χ1) is 8.27. The number of carbonyl (C=O) groups is 1. The van der Waals surface area contributed by atoms with E-state index in [1.54, 1.807) is 18.3 Å². The molecule has 0 saturated heterocycles. The number of nitrogens with one attached hydrogen (secondary N) is 1. The summed E-state index contributed by atoms with van der Waals surface area (Å²) in [6, 6.07) is 13.0. The van der Waals surface area contributed by atoms with E-state index in [1.807, 2.05) is 30.3 Å². The first kappa shape index (κ1) is 11.1. The van der Waals surface area contributed by atoms with E-state index in [1.165, 1.54) is 0 Å². The Morgan fingerprint density at radius 2 is 1.94 bits per heavy atom. The minimum absolute atomic E-state index is 0.257. The highest BCUT2D eigenvalue weighted by atomic mass is 16.1. The van der Waals surface area contributed by atoms with Crippen LogP contribution >= 0.6 is 0 Å². The first-order valence-electron chi connectivity index (χ1n) is 5.30. The maximum absolute atomic E-state index is 11.8. The molecule has 1 heterocycles. The van der Waals surface area contributed by atoms with Gasteiger partial charge in [0.2, 0.25) is 0 Å². The lowest BCUT2D eigenvalue weighted by Crippen LogP contribution is -2.24. The molecule has 1 aromatic heterocycles. The molecule has 86 valence electrons. The minimum atomic E-state index is -0.257. The van der Waals surface area contributed by atoms with Gasteiger partial charge in [-0.2, -0.15) is 0 Å². The minimum Gasteiger partial charge on any atom is -0.397 e. The maximum Gasteiger partial charge on any atom is 0.272 e. The Labute approximate surface area is 99.5 Å². The molecule has 2 rings (SSSR count). The molecule has 1 aromatic carbocycles. The fourth-order valence-corrected chi connectivity index (χ4v) is 1.47. The molecule has 0 bridgehead atoms. The number of nitrogens with two attached hydrogens (primary N) is 1. The summed E-state index contributed by atoms with van der Waals surface area (Å²) >= 11 is 0. The predicted molar refractivity (Wildman–Crippen MR) is 66.3 cm³/mol. The Morgan fingerprint density at radius 1 is 1.18 bits per heavy atom. The molecule has 0 aliphatic heterocycles. The molecular formula is C13H13N3O. The van der Waals surface area contributed by atoms with Crippen LogP contribution in [0.3, 0.4) is 0 Å². The smallest absolute Gasteiger partial charge is 0.272 e. The SMILES string of the molecule is Nc1cccnc1C(=O)NCc1ccccc1. The molecule has 0 spiro atoms. The van der Waals surface area contributed by atoms with Crippen LogP contribution < -0.4 is 11.1 Å². The van der Waals surface area contributed by atoms with E-state index in [9.17, 15) is 4.79 Å². The van der Waals surface area contributed by atoms with Crippen LogP contribution in [-0.2, 0) is 6.54 Å². The van der Waals surface area contributed by atoms with Crippen molar-refractivity contribution in [3.63, 3.8) is 0 Å². The van der Waals surface area contributed by atoms with Gasteiger partial charge in [-0.15, -0.1) is 0 Å². The van der Waals surface area contributed by atoms with Crippen molar-refractivity contribution < 1.29 is 4.79 Å². The fraction of sp³-hybridized carbons (Fsp3) is 0.0769. The highest BCUT2D eigenvalue weighted by Gasteiger charge is 2.09. The lowest BCUT2D eigenvalue weighted by molar-refractivity contribution is 0.0947. The molecule has 2 aromatic rings. The molecule has 17 heavy (non-hydrogen) atoms. The van der Waals surface area contributed by atoms with E-state index in [2.05, 4.69) is 10.3 Å². The normalized spacial score (nSPS) is 9.88. The van der Waals surface area contributed by atoms with Crippen LogP contribution in [0.4, 0.5) is 5.69 Å². The molecule has 0 aliphatic carbocycles. The Bertz CT molecular complexity index is 511. The number of pyridine rings is 1. The Morgan fingerprint density at radius 3 is 2.65 bits per heavy atom. The van der Waals surface area contributed by atoms with Crippen LogP contribution in [0.1, 0.15) is 16.1 Å². The van der Waals surface area contributed by atoms with E-state index in [0.29, 0.717) is 12.2 Å². The second-order valence-corrected chi connectivity index (χ2v) is 3.61. The van der Waals surface area contributed by atoms with Crippen LogP contribution in [-0.4, -0.2) is 10.9 Å². The summed E-state index contributed by atoms with van der Waals surface area (Å²) in [6.07, 6.45) is 1.55. The number of nitrogen functional groups attached to an aromatic ring is 1. The zero-order valence-corrected chi connectivity index (χ0v) is 9.26. The van der Waals surface area contributed by atoms with Gasteiger partial charge in [-0.25, -0.2) is 4.98 Å². The number of hydrogen-bond acceptors (Lipinski definition) is 3. The summed E-state index contributed by atoms with van der Waals surface area (Å²) in [5.74, 6) is -0.257. The Hall–Kier alpha value is -2.36. The van der Waals surface area contributed by atoms with Gasteiger partial charge in [-0.05, 0) is 17.7 Å². The van der Waals surface area contributed by atoms with Crippen molar-refractivity contribution in [1.82, 2.24) is 10.3 Å². The summed E-state index contributed by atoms with van der Waals surface area (Å²) in [6.45, 7) is 0.468. The van der Waals surface area contributed by atoms with Crippen molar-refractivity contribution >= 4 is 11.6 Å². The van der Waals surface area contributed by atoms with E-state index in [-0.39, 0.29) is 11.6 Å². The van der Waals surface area contributed by atoms with Gasteiger partial charge in [-0.1, -0.05) is 30.3 Å². The van der Waals surface area contributed by atoms with Crippen LogP contribution in [0.15, 0.2) is 48.7 Å². The summed E-state index contributed by atoms with van der Waals surface area (Å²) in [7, 11) is 0. The predicted octanol–water partition coefficient (Wildman–Crippen LogP) is 1.59. The van der Waals surface area contributed by atoms with Gasteiger partial charge in [0.25, 0.3) is 5.91 Å². The second kappa shape index (κ2) is 5.12. The lowest BCUT2D eigenvalue weighted by Gasteiger charge is -2.06. The second-order valence-electron chi connectivity index (χ2n) is 3.61. The van der Waals surface area contributed by atoms with Gasteiger partial charge < -0.3 is 11.1 Å². The third-order valence-corrected chi connectivity index (χ3v) is 2.35. The zero-order chi connectivity index (χ0) is 12.1. The molecular weight excluding hydrogens is 214 g/mol. The average molecular weight is 227 g/mol. The van der Waals surface area contributed by atoms with Gasteiger partial charge >= 0.3 is 0 Å². The number of rotatable bonds is 3. The van der Waals surface area contributed by atoms with E-state index in [0.717, 1.165) is 5.56 Å². The summed E-state index contributed by atoms with van der Waals surface area (Å²) in [5, 5.41) is 2.77. The quantitative estimate of drug-likeness (QED) is 0.836. The van der Waals surface area contributed by atoms with Gasteiger partial charge in [-0.3, -0.25) is 4.79 Å². The van der Waals surface area contributed by atoms with E-state index < -0.39 is 0 Å². The number of carbonyl (C=O) groups excluding carboxylic acids is 1. The molecule has 0 saturated carbocycles. The molecule has 0 radical (unpaired) electrons. The molecule has 4 nitrogen and oxygen atoms in total. The summed E-state index contributed by atoms with van der Waals surface area (Å²) in [4.78, 5) is 15.7. The van der Waals surface area contributed by atoms with Crippen molar-refractivity contribution in [3.05, 3.63) is 59.9 Å². The summed E-state index contributed by atoms with van der Waals surface area (Å²) in [5.41, 5.74) is 7.36. The van der Waals surface area contributed by atoms with Crippen LogP contribution in [0.5, 0.6) is 0 Å². The first-order valence-corrected chi connectivity index (χ1v) is 5.30. The number of amides is 1. The average Bonchev–Trinajstić information content (AvgIpc) is 2.38. The van der Waals surface area contributed by atoms with Gasteiger partial charge in [0.1, 0.15) is 0 Å².